The molecule has 0 saturated carbocycles. The van der Waals surface area contributed by atoms with Crippen molar-refractivity contribution in [3.05, 3.63) is 29.8 Å². The zero-order valence-electron chi connectivity index (χ0n) is 13.7. The van der Waals surface area contributed by atoms with Crippen molar-refractivity contribution >= 4 is 17.5 Å². The molecule has 1 unspecified atom stereocenters. The first-order chi connectivity index (χ1) is 11.1. The lowest BCUT2D eigenvalue weighted by Gasteiger charge is -2.28. The van der Waals surface area contributed by atoms with Gasteiger partial charge in [0.15, 0.2) is 0 Å². The highest BCUT2D eigenvalue weighted by Gasteiger charge is 2.34. The zero-order chi connectivity index (χ0) is 16.4. The topological polar surface area (TPSA) is 58.6 Å². The third-order valence-electron chi connectivity index (χ3n) is 4.61. The molecule has 2 aliphatic rings. The van der Waals surface area contributed by atoms with Crippen LogP contribution in [-0.2, 0) is 20.7 Å². The summed E-state index contributed by atoms with van der Waals surface area (Å²) >= 11 is 0. The number of anilines is 1. The average molecular weight is 316 g/mol. The molecule has 0 aliphatic carbocycles. The Balaban J connectivity index is 1.73. The van der Waals surface area contributed by atoms with Crippen molar-refractivity contribution < 1.29 is 14.3 Å². The average Bonchev–Trinajstić information content (AvgIpc) is 3.20. The van der Waals surface area contributed by atoms with Crippen molar-refractivity contribution in [2.75, 3.05) is 18.1 Å². The lowest BCUT2D eigenvalue weighted by atomic mass is 10.0. The second-order valence-corrected chi connectivity index (χ2v) is 6.60. The van der Waals surface area contributed by atoms with Crippen LogP contribution < -0.4 is 10.2 Å². The summed E-state index contributed by atoms with van der Waals surface area (Å²) in [5.74, 6) is -0.168. The number of carbonyl (C=O) groups excluding carboxylic acids is 2. The fourth-order valence-corrected chi connectivity index (χ4v) is 3.28. The minimum atomic E-state index is -0.516. The van der Waals surface area contributed by atoms with Gasteiger partial charge in [-0.05, 0) is 36.8 Å². The molecule has 0 aromatic heterocycles. The molecule has 0 bridgehead atoms. The van der Waals surface area contributed by atoms with E-state index < -0.39 is 12.1 Å². The molecule has 0 spiro atoms. The van der Waals surface area contributed by atoms with E-state index in [1.807, 2.05) is 32.0 Å². The number of ether oxygens (including phenoxy) is 1. The molecule has 0 radical (unpaired) electrons. The number of benzene rings is 1. The minimum absolute atomic E-state index is 0.0283. The van der Waals surface area contributed by atoms with Crippen LogP contribution in [0.3, 0.4) is 0 Å². The van der Waals surface area contributed by atoms with E-state index in [9.17, 15) is 9.59 Å². The van der Waals surface area contributed by atoms with Gasteiger partial charge in [-0.3, -0.25) is 9.59 Å². The number of nitrogens with one attached hydrogen (secondary N) is 1. The van der Waals surface area contributed by atoms with E-state index in [1.54, 1.807) is 4.90 Å². The summed E-state index contributed by atoms with van der Waals surface area (Å²) in [6.07, 6.45) is 2.09. The summed E-state index contributed by atoms with van der Waals surface area (Å²) in [5.41, 5.74) is 2.16. The molecule has 2 aliphatic heterocycles. The van der Waals surface area contributed by atoms with Gasteiger partial charge in [0.1, 0.15) is 12.1 Å². The molecule has 1 N–H and O–H groups in total. The van der Waals surface area contributed by atoms with Crippen LogP contribution >= 0.6 is 0 Å². The van der Waals surface area contributed by atoms with Gasteiger partial charge in [0, 0.05) is 18.8 Å². The van der Waals surface area contributed by atoms with E-state index in [4.69, 9.17) is 4.74 Å². The molecule has 1 saturated heterocycles. The van der Waals surface area contributed by atoms with Crippen molar-refractivity contribution in [2.45, 2.75) is 45.3 Å². The third-order valence-corrected chi connectivity index (χ3v) is 4.61. The van der Waals surface area contributed by atoms with E-state index in [2.05, 4.69) is 11.4 Å². The molecule has 5 heteroatoms. The molecule has 1 aromatic carbocycles. The van der Waals surface area contributed by atoms with Gasteiger partial charge in [-0.1, -0.05) is 32.0 Å². The highest BCUT2D eigenvalue weighted by molar-refractivity contribution is 6.01. The van der Waals surface area contributed by atoms with Crippen LogP contribution in [0, 0.1) is 5.92 Å². The van der Waals surface area contributed by atoms with Crippen LogP contribution in [0.5, 0.6) is 0 Å². The molecule has 2 amide bonds. The molecule has 3 rings (SSSR count). The maximum atomic E-state index is 13.0. The number of hydrogen-bond acceptors (Lipinski definition) is 3. The van der Waals surface area contributed by atoms with Crippen molar-refractivity contribution in [2.24, 2.45) is 5.92 Å². The molecule has 5 nitrogen and oxygen atoms in total. The molecule has 1 fully saturated rings. The number of fused-ring (bicyclic) bond motifs is 1. The molecular formula is C18H24N2O3. The van der Waals surface area contributed by atoms with Crippen LogP contribution in [-0.4, -0.2) is 37.1 Å². The number of para-hydroxylation sites is 1. The van der Waals surface area contributed by atoms with Gasteiger partial charge in [-0.25, -0.2) is 0 Å². The van der Waals surface area contributed by atoms with E-state index >= 15 is 0 Å². The van der Waals surface area contributed by atoms with E-state index in [0.717, 1.165) is 24.9 Å². The quantitative estimate of drug-likeness (QED) is 0.923. The highest BCUT2D eigenvalue weighted by atomic mass is 16.5. The lowest BCUT2D eigenvalue weighted by Crippen LogP contribution is -2.53. The maximum Gasteiger partial charge on any atom is 0.249 e. The molecule has 1 aromatic rings. The molecule has 124 valence electrons. The first-order valence-electron chi connectivity index (χ1n) is 8.39. The normalized spacial score (nSPS) is 21.3. The second kappa shape index (κ2) is 6.71. The first-order valence-corrected chi connectivity index (χ1v) is 8.39. The Morgan fingerprint density at radius 2 is 2.09 bits per heavy atom. The number of hydrogen-bond donors (Lipinski definition) is 1. The van der Waals surface area contributed by atoms with Crippen molar-refractivity contribution in [1.29, 1.82) is 0 Å². The Kier molecular flexibility index (Phi) is 4.66. The van der Waals surface area contributed by atoms with E-state index in [0.29, 0.717) is 13.2 Å². The zero-order valence-corrected chi connectivity index (χ0v) is 13.7. The van der Waals surface area contributed by atoms with E-state index in [-0.39, 0.29) is 17.7 Å². The van der Waals surface area contributed by atoms with Crippen LogP contribution in [0.2, 0.25) is 0 Å². The summed E-state index contributed by atoms with van der Waals surface area (Å²) in [6.45, 7) is 5.22. The lowest BCUT2D eigenvalue weighted by molar-refractivity contribution is -0.134. The SMILES string of the molecule is CC(C)[C@H](NC(=O)C1CCCO1)C(=O)N1CCc2ccccc21. The number of amides is 2. The molecule has 23 heavy (non-hydrogen) atoms. The Morgan fingerprint density at radius 3 is 2.78 bits per heavy atom. The molecular weight excluding hydrogens is 292 g/mol. The molecule has 2 heterocycles. The maximum absolute atomic E-state index is 13.0. The Labute approximate surface area is 137 Å². The van der Waals surface area contributed by atoms with Crippen molar-refractivity contribution in [3.8, 4) is 0 Å². The van der Waals surface area contributed by atoms with Crippen molar-refractivity contribution in [1.82, 2.24) is 5.32 Å². The van der Waals surface area contributed by atoms with Crippen LogP contribution in [0.1, 0.15) is 32.3 Å². The largest absolute Gasteiger partial charge is 0.368 e. The summed E-state index contributed by atoms with van der Waals surface area (Å²) in [7, 11) is 0. The number of nitrogens with zero attached hydrogens (tertiary/aromatic N) is 1. The van der Waals surface area contributed by atoms with Gasteiger partial charge >= 0.3 is 0 Å². The Morgan fingerprint density at radius 1 is 1.30 bits per heavy atom. The van der Waals surface area contributed by atoms with Crippen LogP contribution in [0.4, 0.5) is 5.69 Å². The summed E-state index contributed by atoms with van der Waals surface area (Å²) < 4.78 is 5.42. The van der Waals surface area contributed by atoms with Crippen molar-refractivity contribution in [3.63, 3.8) is 0 Å². The monoisotopic (exact) mass is 316 g/mol. The predicted octanol–water partition coefficient (Wildman–Crippen LogP) is 1.90. The first kappa shape index (κ1) is 16.0. The second-order valence-electron chi connectivity index (χ2n) is 6.60. The number of carbonyl (C=O) groups is 2. The fourth-order valence-electron chi connectivity index (χ4n) is 3.28. The van der Waals surface area contributed by atoms with Crippen LogP contribution in [0.25, 0.3) is 0 Å². The Bertz CT molecular complexity index is 594. The van der Waals surface area contributed by atoms with Gasteiger partial charge in [0.2, 0.25) is 11.8 Å². The smallest absolute Gasteiger partial charge is 0.249 e. The highest BCUT2D eigenvalue weighted by Crippen LogP contribution is 2.28. The van der Waals surface area contributed by atoms with Crippen LogP contribution in [0.15, 0.2) is 24.3 Å². The van der Waals surface area contributed by atoms with E-state index in [1.165, 1.54) is 5.56 Å². The summed E-state index contributed by atoms with van der Waals surface area (Å²) in [6, 6.07) is 7.45. The predicted molar refractivity (Wildman–Crippen MR) is 88.2 cm³/mol. The van der Waals surface area contributed by atoms with Gasteiger partial charge in [-0.15, -0.1) is 0 Å². The molecule has 2 atom stereocenters. The Hall–Kier alpha value is -1.88. The van der Waals surface area contributed by atoms with Gasteiger partial charge in [-0.2, -0.15) is 0 Å². The van der Waals surface area contributed by atoms with Gasteiger partial charge < -0.3 is 15.0 Å². The standard InChI is InChI=1S/C18H24N2O3/c1-12(2)16(19-17(21)15-8-5-11-23-15)18(22)20-10-9-13-6-3-4-7-14(13)20/h3-4,6-7,12,15-16H,5,8-11H2,1-2H3,(H,19,21)/t15?,16-/m0/s1. The fraction of sp³-hybridized carbons (Fsp3) is 0.556. The third kappa shape index (κ3) is 3.24. The number of rotatable bonds is 4. The summed E-state index contributed by atoms with van der Waals surface area (Å²) in [5, 5.41) is 2.91. The minimum Gasteiger partial charge on any atom is -0.368 e. The van der Waals surface area contributed by atoms with Gasteiger partial charge in [0.05, 0.1) is 0 Å². The summed E-state index contributed by atoms with van der Waals surface area (Å²) in [4.78, 5) is 27.1. The van der Waals surface area contributed by atoms with Gasteiger partial charge in [0.25, 0.3) is 0 Å².